The largest absolute Gasteiger partial charge is 0.385 e. The molecule has 52 valence electrons. The minimum Gasteiger partial charge on any atom is -0.385 e. The van der Waals surface area contributed by atoms with Crippen LogP contribution >= 0.6 is 0 Å². The van der Waals surface area contributed by atoms with Crippen molar-refractivity contribution in [2.45, 2.75) is 6.92 Å². The molecule has 0 fully saturated rings. The Balaban J connectivity index is 2.83. The monoisotopic (exact) mass is 135 g/mol. The van der Waals surface area contributed by atoms with Crippen LogP contribution in [-0.2, 0) is 0 Å². The van der Waals surface area contributed by atoms with Crippen LogP contribution in [0.15, 0.2) is 12.1 Å². The van der Waals surface area contributed by atoms with Crippen LogP contribution in [0.4, 0.5) is 5.82 Å². The van der Waals surface area contributed by atoms with E-state index in [4.69, 9.17) is 5.73 Å². The van der Waals surface area contributed by atoms with Crippen LogP contribution in [0.3, 0.4) is 0 Å². The van der Waals surface area contributed by atoms with Crippen molar-refractivity contribution < 1.29 is 0 Å². The lowest BCUT2D eigenvalue weighted by Crippen LogP contribution is -1.81. The molecule has 3 heteroatoms. The first-order chi connectivity index (χ1) is 4.75. The van der Waals surface area contributed by atoms with Gasteiger partial charge in [0.1, 0.15) is 5.82 Å². The minimum absolute atomic E-state index is 0.709. The molecule has 4 N–H and O–H groups in total. The summed E-state index contributed by atoms with van der Waals surface area (Å²) in [5, 5.41) is 0. The second kappa shape index (κ2) is 1.56. The van der Waals surface area contributed by atoms with E-state index in [1.54, 1.807) is 0 Å². The van der Waals surface area contributed by atoms with Crippen molar-refractivity contribution in [3.63, 3.8) is 0 Å². The zero-order chi connectivity index (χ0) is 7.14. The summed E-state index contributed by atoms with van der Waals surface area (Å²) >= 11 is 0. The van der Waals surface area contributed by atoms with Crippen molar-refractivity contribution in [1.29, 1.82) is 0 Å². The van der Waals surface area contributed by atoms with Crippen LogP contribution in [-0.4, -0.2) is 9.97 Å². The third-order valence-corrected chi connectivity index (χ3v) is 1.56. The SMILES string of the molecule is Cc1cc2[nH]c(N)cc2[nH]1. The molecule has 0 radical (unpaired) electrons. The first-order valence-corrected chi connectivity index (χ1v) is 3.19. The van der Waals surface area contributed by atoms with Gasteiger partial charge in [0, 0.05) is 11.8 Å². The summed E-state index contributed by atoms with van der Waals surface area (Å²) in [5.74, 6) is 0.709. The van der Waals surface area contributed by atoms with Gasteiger partial charge in [-0.15, -0.1) is 0 Å². The number of rotatable bonds is 0. The standard InChI is InChI=1S/C7H9N3/c1-4-2-5-6(9-4)3-7(8)10-5/h2-3,9-10H,8H2,1H3. The topological polar surface area (TPSA) is 57.6 Å². The Kier molecular flexibility index (Phi) is 0.845. The molecule has 0 spiro atoms. The maximum atomic E-state index is 5.51. The van der Waals surface area contributed by atoms with E-state index in [0.29, 0.717) is 5.82 Å². The van der Waals surface area contributed by atoms with Crippen LogP contribution in [0.25, 0.3) is 11.0 Å². The molecule has 2 heterocycles. The number of H-pyrrole nitrogens is 2. The van der Waals surface area contributed by atoms with Crippen LogP contribution in [0, 0.1) is 6.92 Å². The molecule has 0 aliphatic rings. The number of nitrogens with two attached hydrogens (primary N) is 1. The highest BCUT2D eigenvalue weighted by Crippen LogP contribution is 2.16. The van der Waals surface area contributed by atoms with Crippen molar-refractivity contribution in [3.8, 4) is 0 Å². The van der Waals surface area contributed by atoms with Crippen LogP contribution < -0.4 is 5.73 Å². The van der Waals surface area contributed by atoms with Gasteiger partial charge in [-0.25, -0.2) is 0 Å². The predicted octanol–water partition coefficient (Wildman–Crippen LogP) is 1.39. The fraction of sp³-hybridized carbons (Fsp3) is 0.143. The third-order valence-electron chi connectivity index (χ3n) is 1.56. The fourth-order valence-corrected chi connectivity index (χ4v) is 1.17. The molecule has 0 unspecified atom stereocenters. The van der Waals surface area contributed by atoms with E-state index >= 15 is 0 Å². The fourth-order valence-electron chi connectivity index (χ4n) is 1.17. The Morgan fingerprint density at radius 3 is 2.60 bits per heavy atom. The van der Waals surface area contributed by atoms with Crippen molar-refractivity contribution in [1.82, 2.24) is 9.97 Å². The van der Waals surface area contributed by atoms with Gasteiger partial charge in [0.15, 0.2) is 0 Å². The van der Waals surface area contributed by atoms with E-state index in [1.807, 2.05) is 19.1 Å². The zero-order valence-corrected chi connectivity index (χ0v) is 5.73. The highest BCUT2D eigenvalue weighted by molar-refractivity contribution is 5.80. The van der Waals surface area contributed by atoms with Gasteiger partial charge in [-0.3, -0.25) is 0 Å². The van der Waals surface area contributed by atoms with Crippen LogP contribution in [0.2, 0.25) is 0 Å². The average Bonchev–Trinajstić information content (AvgIpc) is 2.21. The zero-order valence-electron chi connectivity index (χ0n) is 5.73. The molecule has 2 rings (SSSR count). The number of anilines is 1. The smallest absolute Gasteiger partial charge is 0.103 e. The van der Waals surface area contributed by atoms with Crippen molar-refractivity contribution in [2.75, 3.05) is 5.73 Å². The average molecular weight is 135 g/mol. The Bertz CT molecular complexity index is 293. The van der Waals surface area contributed by atoms with E-state index in [9.17, 15) is 0 Å². The highest BCUT2D eigenvalue weighted by Gasteiger charge is 1.98. The molecule has 2 aromatic heterocycles. The molecule has 0 aliphatic heterocycles. The van der Waals surface area contributed by atoms with Gasteiger partial charge in [-0.1, -0.05) is 0 Å². The van der Waals surface area contributed by atoms with Gasteiger partial charge in [0.05, 0.1) is 11.0 Å². The Morgan fingerprint density at radius 1 is 1.20 bits per heavy atom. The highest BCUT2D eigenvalue weighted by atomic mass is 14.9. The maximum Gasteiger partial charge on any atom is 0.103 e. The van der Waals surface area contributed by atoms with E-state index < -0.39 is 0 Å². The Morgan fingerprint density at radius 2 is 1.90 bits per heavy atom. The molecular formula is C7H9N3. The van der Waals surface area contributed by atoms with Gasteiger partial charge < -0.3 is 15.7 Å². The number of fused-ring (bicyclic) bond motifs is 1. The van der Waals surface area contributed by atoms with E-state index in [-0.39, 0.29) is 0 Å². The number of nitrogens with one attached hydrogen (secondary N) is 2. The second-order valence-corrected chi connectivity index (χ2v) is 2.50. The van der Waals surface area contributed by atoms with Gasteiger partial charge in [0.25, 0.3) is 0 Å². The summed E-state index contributed by atoms with van der Waals surface area (Å²) in [5.41, 5.74) is 8.82. The summed E-state index contributed by atoms with van der Waals surface area (Å²) in [6, 6.07) is 3.92. The summed E-state index contributed by atoms with van der Waals surface area (Å²) < 4.78 is 0. The molecule has 2 aromatic rings. The quantitative estimate of drug-likeness (QED) is 0.502. The van der Waals surface area contributed by atoms with Gasteiger partial charge in [-0.05, 0) is 13.0 Å². The Labute approximate surface area is 58.2 Å². The lowest BCUT2D eigenvalue weighted by Gasteiger charge is -1.79. The molecule has 10 heavy (non-hydrogen) atoms. The molecule has 0 aliphatic carbocycles. The second-order valence-electron chi connectivity index (χ2n) is 2.50. The summed E-state index contributed by atoms with van der Waals surface area (Å²) in [6.07, 6.45) is 0. The number of aromatic nitrogens is 2. The molecule has 0 atom stereocenters. The molecule has 0 saturated carbocycles. The van der Waals surface area contributed by atoms with Crippen LogP contribution in [0.1, 0.15) is 5.69 Å². The molecule has 3 nitrogen and oxygen atoms in total. The number of hydrogen-bond acceptors (Lipinski definition) is 1. The summed E-state index contributed by atoms with van der Waals surface area (Å²) in [7, 11) is 0. The predicted molar refractivity (Wildman–Crippen MR) is 41.8 cm³/mol. The molecule has 0 amide bonds. The number of hydrogen-bond donors (Lipinski definition) is 3. The normalized spacial score (nSPS) is 10.9. The van der Waals surface area contributed by atoms with E-state index in [0.717, 1.165) is 16.7 Å². The number of aromatic amines is 2. The molecular weight excluding hydrogens is 126 g/mol. The lowest BCUT2D eigenvalue weighted by atomic mass is 10.4. The number of nitrogen functional groups attached to an aromatic ring is 1. The van der Waals surface area contributed by atoms with Gasteiger partial charge >= 0.3 is 0 Å². The lowest BCUT2D eigenvalue weighted by molar-refractivity contribution is 1.30. The minimum atomic E-state index is 0.709. The summed E-state index contributed by atoms with van der Waals surface area (Å²) in [4.78, 5) is 6.19. The van der Waals surface area contributed by atoms with Crippen molar-refractivity contribution >= 4 is 16.9 Å². The molecule has 0 aromatic carbocycles. The van der Waals surface area contributed by atoms with E-state index in [2.05, 4.69) is 9.97 Å². The summed E-state index contributed by atoms with van der Waals surface area (Å²) in [6.45, 7) is 2.02. The van der Waals surface area contributed by atoms with E-state index in [1.165, 1.54) is 0 Å². The van der Waals surface area contributed by atoms with Crippen molar-refractivity contribution in [3.05, 3.63) is 17.8 Å². The first kappa shape index (κ1) is 5.41. The first-order valence-electron chi connectivity index (χ1n) is 3.19. The van der Waals surface area contributed by atoms with Crippen LogP contribution in [0.5, 0.6) is 0 Å². The third kappa shape index (κ3) is 0.603. The molecule has 0 saturated heterocycles. The Hall–Kier alpha value is -1.38. The van der Waals surface area contributed by atoms with Gasteiger partial charge in [0.2, 0.25) is 0 Å². The number of aryl methyl sites for hydroxylation is 1. The maximum absolute atomic E-state index is 5.51. The molecule has 0 bridgehead atoms. The van der Waals surface area contributed by atoms with Crippen molar-refractivity contribution in [2.24, 2.45) is 0 Å². The van der Waals surface area contributed by atoms with Gasteiger partial charge in [-0.2, -0.15) is 0 Å².